The van der Waals surface area contributed by atoms with E-state index in [-0.39, 0.29) is 6.04 Å². The molecule has 0 heterocycles. The van der Waals surface area contributed by atoms with Gasteiger partial charge >= 0.3 is 0 Å². The number of nitrogens with two attached hydrogens (primary N) is 1. The maximum absolute atomic E-state index is 6.19. The predicted molar refractivity (Wildman–Crippen MR) is 68.8 cm³/mol. The molecular formula is C13H20ClNO. The van der Waals surface area contributed by atoms with Gasteiger partial charge in [-0.25, -0.2) is 0 Å². The van der Waals surface area contributed by atoms with Crippen molar-refractivity contribution in [3.05, 3.63) is 34.3 Å². The molecule has 16 heavy (non-hydrogen) atoms. The molecular weight excluding hydrogens is 222 g/mol. The van der Waals surface area contributed by atoms with Crippen molar-refractivity contribution in [1.29, 1.82) is 0 Å². The van der Waals surface area contributed by atoms with Crippen LogP contribution in [-0.2, 0) is 4.74 Å². The van der Waals surface area contributed by atoms with Gasteiger partial charge in [-0.3, -0.25) is 0 Å². The normalized spacial score (nSPS) is 14.8. The largest absolute Gasteiger partial charge is 0.385 e. The Morgan fingerprint density at radius 2 is 2.12 bits per heavy atom. The molecule has 2 unspecified atom stereocenters. The summed E-state index contributed by atoms with van der Waals surface area (Å²) in [7, 11) is 1.71. The van der Waals surface area contributed by atoms with E-state index in [4.69, 9.17) is 22.1 Å². The summed E-state index contributed by atoms with van der Waals surface area (Å²) in [6, 6.07) is 6.00. The Balaban J connectivity index is 2.75. The number of methoxy groups -OCH3 is 1. The molecule has 0 radical (unpaired) electrons. The molecule has 2 nitrogen and oxygen atoms in total. The minimum absolute atomic E-state index is 0.0248. The highest BCUT2D eigenvalue weighted by Gasteiger charge is 2.17. The second kappa shape index (κ2) is 6.24. The molecule has 90 valence electrons. The van der Waals surface area contributed by atoms with E-state index < -0.39 is 0 Å². The molecule has 2 N–H and O–H groups in total. The maximum Gasteiger partial charge on any atom is 0.0465 e. The summed E-state index contributed by atoms with van der Waals surface area (Å²) >= 11 is 6.19. The molecule has 0 aromatic heterocycles. The van der Waals surface area contributed by atoms with E-state index in [1.165, 1.54) is 0 Å². The minimum Gasteiger partial charge on any atom is -0.385 e. The number of rotatable bonds is 5. The van der Waals surface area contributed by atoms with Crippen molar-refractivity contribution in [3.8, 4) is 0 Å². The van der Waals surface area contributed by atoms with Crippen LogP contribution in [0.15, 0.2) is 18.2 Å². The van der Waals surface area contributed by atoms with Gasteiger partial charge in [0, 0.05) is 24.8 Å². The van der Waals surface area contributed by atoms with Gasteiger partial charge in [-0.2, -0.15) is 0 Å². The lowest BCUT2D eigenvalue weighted by Crippen LogP contribution is -2.20. The number of halogens is 1. The Morgan fingerprint density at radius 1 is 1.44 bits per heavy atom. The standard InChI is InChI=1S/C13H20ClNO/c1-9-4-5-11(12(14)8-9)13(15)10(2)6-7-16-3/h4-5,8,10,13H,6-7,15H2,1-3H3. The molecule has 0 bridgehead atoms. The van der Waals surface area contributed by atoms with Gasteiger partial charge in [0.15, 0.2) is 0 Å². The van der Waals surface area contributed by atoms with Gasteiger partial charge in [0.05, 0.1) is 0 Å². The van der Waals surface area contributed by atoms with E-state index in [1.807, 2.05) is 25.1 Å². The molecule has 0 fully saturated rings. The molecule has 2 atom stereocenters. The van der Waals surface area contributed by atoms with E-state index in [2.05, 4.69) is 6.92 Å². The Bertz CT molecular complexity index is 341. The molecule has 0 saturated carbocycles. The first kappa shape index (κ1) is 13.5. The third-order valence-electron chi connectivity index (χ3n) is 2.91. The van der Waals surface area contributed by atoms with Crippen molar-refractivity contribution in [3.63, 3.8) is 0 Å². The van der Waals surface area contributed by atoms with Gasteiger partial charge < -0.3 is 10.5 Å². The molecule has 1 aromatic carbocycles. The highest BCUT2D eigenvalue weighted by atomic mass is 35.5. The van der Waals surface area contributed by atoms with Crippen LogP contribution in [-0.4, -0.2) is 13.7 Å². The van der Waals surface area contributed by atoms with Crippen molar-refractivity contribution in [2.45, 2.75) is 26.3 Å². The van der Waals surface area contributed by atoms with Gasteiger partial charge in [0.2, 0.25) is 0 Å². The van der Waals surface area contributed by atoms with Crippen molar-refractivity contribution < 1.29 is 4.74 Å². The Labute approximate surface area is 103 Å². The molecule has 0 aliphatic carbocycles. The fourth-order valence-corrected chi connectivity index (χ4v) is 2.05. The highest BCUT2D eigenvalue weighted by Crippen LogP contribution is 2.28. The number of hydrogen-bond donors (Lipinski definition) is 1. The van der Waals surface area contributed by atoms with Crippen LogP contribution in [0.1, 0.15) is 30.5 Å². The van der Waals surface area contributed by atoms with Gasteiger partial charge in [-0.05, 0) is 36.5 Å². The Kier molecular flexibility index (Phi) is 5.26. The van der Waals surface area contributed by atoms with Crippen LogP contribution in [0.25, 0.3) is 0 Å². The summed E-state index contributed by atoms with van der Waals surface area (Å²) < 4.78 is 5.06. The number of benzene rings is 1. The van der Waals surface area contributed by atoms with Gasteiger partial charge in [0.1, 0.15) is 0 Å². The third-order valence-corrected chi connectivity index (χ3v) is 3.23. The summed E-state index contributed by atoms with van der Waals surface area (Å²) in [6.45, 7) is 4.88. The van der Waals surface area contributed by atoms with Crippen LogP contribution in [0, 0.1) is 12.8 Å². The monoisotopic (exact) mass is 241 g/mol. The van der Waals surface area contributed by atoms with Crippen LogP contribution in [0.4, 0.5) is 0 Å². The summed E-state index contributed by atoms with van der Waals surface area (Å²) in [4.78, 5) is 0. The maximum atomic E-state index is 6.19. The highest BCUT2D eigenvalue weighted by molar-refractivity contribution is 6.31. The molecule has 0 aliphatic heterocycles. The van der Waals surface area contributed by atoms with Crippen molar-refractivity contribution in [2.75, 3.05) is 13.7 Å². The van der Waals surface area contributed by atoms with Gasteiger partial charge in [0.25, 0.3) is 0 Å². The summed E-state index contributed by atoms with van der Waals surface area (Å²) in [5.41, 5.74) is 8.37. The van der Waals surface area contributed by atoms with E-state index >= 15 is 0 Å². The van der Waals surface area contributed by atoms with E-state index in [0.717, 1.165) is 29.2 Å². The van der Waals surface area contributed by atoms with E-state index in [0.29, 0.717) is 5.92 Å². The summed E-state index contributed by atoms with van der Waals surface area (Å²) in [5, 5.41) is 0.761. The first-order chi connectivity index (χ1) is 7.56. The van der Waals surface area contributed by atoms with Gasteiger partial charge in [-0.1, -0.05) is 30.7 Å². The second-order valence-electron chi connectivity index (χ2n) is 4.31. The zero-order valence-corrected chi connectivity index (χ0v) is 10.9. The van der Waals surface area contributed by atoms with Crippen molar-refractivity contribution in [2.24, 2.45) is 11.7 Å². The van der Waals surface area contributed by atoms with Crippen LogP contribution in [0.5, 0.6) is 0 Å². The third kappa shape index (κ3) is 3.48. The van der Waals surface area contributed by atoms with Crippen molar-refractivity contribution in [1.82, 2.24) is 0 Å². The van der Waals surface area contributed by atoms with Crippen LogP contribution in [0.3, 0.4) is 0 Å². The predicted octanol–water partition coefficient (Wildman–Crippen LogP) is 3.32. The lowest BCUT2D eigenvalue weighted by atomic mass is 9.92. The zero-order chi connectivity index (χ0) is 12.1. The molecule has 1 rings (SSSR count). The Hall–Kier alpha value is -0.570. The lowest BCUT2D eigenvalue weighted by molar-refractivity contribution is 0.174. The quantitative estimate of drug-likeness (QED) is 0.858. The molecule has 0 spiro atoms. The zero-order valence-electron chi connectivity index (χ0n) is 10.2. The average molecular weight is 242 g/mol. The number of ether oxygens (including phenoxy) is 1. The fraction of sp³-hybridized carbons (Fsp3) is 0.538. The fourth-order valence-electron chi connectivity index (χ4n) is 1.69. The molecule has 0 aliphatic rings. The topological polar surface area (TPSA) is 35.2 Å². The first-order valence-electron chi connectivity index (χ1n) is 5.56. The van der Waals surface area contributed by atoms with Crippen LogP contribution in [0.2, 0.25) is 5.02 Å². The van der Waals surface area contributed by atoms with E-state index in [9.17, 15) is 0 Å². The average Bonchev–Trinajstić information content (AvgIpc) is 2.25. The van der Waals surface area contributed by atoms with Gasteiger partial charge in [-0.15, -0.1) is 0 Å². The van der Waals surface area contributed by atoms with E-state index in [1.54, 1.807) is 7.11 Å². The second-order valence-corrected chi connectivity index (χ2v) is 4.72. The number of aryl methyl sites for hydroxylation is 1. The van der Waals surface area contributed by atoms with Crippen LogP contribution >= 0.6 is 11.6 Å². The minimum atomic E-state index is -0.0248. The SMILES string of the molecule is COCCC(C)C(N)c1ccc(C)cc1Cl. The molecule has 3 heteroatoms. The molecule has 0 saturated heterocycles. The Morgan fingerprint density at radius 3 is 2.69 bits per heavy atom. The smallest absolute Gasteiger partial charge is 0.0465 e. The number of hydrogen-bond acceptors (Lipinski definition) is 2. The first-order valence-corrected chi connectivity index (χ1v) is 5.94. The molecule has 0 amide bonds. The summed E-state index contributed by atoms with van der Waals surface area (Å²) in [5.74, 6) is 0.361. The molecule has 1 aromatic rings. The van der Waals surface area contributed by atoms with Crippen molar-refractivity contribution >= 4 is 11.6 Å². The summed E-state index contributed by atoms with van der Waals surface area (Å²) in [6.07, 6.45) is 0.946. The van der Waals surface area contributed by atoms with Crippen LogP contribution < -0.4 is 5.73 Å². The lowest BCUT2D eigenvalue weighted by Gasteiger charge is -2.21.